The van der Waals surface area contributed by atoms with Crippen LogP contribution in [-0.4, -0.2) is 43.4 Å². The van der Waals surface area contributed by atoms with Gasteiger partial charge in [0.1, 0.15) is 5.82 Å². The molecule has 0 amide bonds. The summed E-state index contributed by atoms with van der Waals surface area (Å²) in [5.41, 5.74) is 0.938. The molecular formula is C16H21FN2O. The molecule has 3 nitrogen and oxygen atoms in total. The Kier molecular flexibility index (Phi) is 4.01. The molecule has 0 atom stereocenters. The van der Waals surface area contributed by atoms with Gasteiger partial charge in [0.15, 0.2) is 6.29 Å². The Morgan fingerprint density at radius 2 is 1.80 bits per heavy atom. The third-order valence-corrected chi connectivity index (χ3v) is 4.62. The standard InChI is InChI=1S/C16H21FN2O/c17-15-7-3-4-13(12-20)16(15)19-10-8-18(9-11-19)14-5-1-2-6-14/h3-4,7,12,14H,1-2,5-6,8-11H2. The van der Waals surface area contributed by atoms with E-state index >= 15 is 0 Å². The first-order valence-corrected chi connectivity index (χ1v) is 7.52. The van der Waals surface area contributed by atoms with Crippen LogP contribution < -0.4 is 4.90 Å². The fourth-order valence-corrected chi connectivity index (χ4v) is 3.54. The minimum atomic E-state index is -0.288. The third kappa shape index (κ3) is 2.57. The van der Waals surface area contributed by atoms with Gasteiger partial charge in [0, 0.05) is 37.8 Å². The largest absolute Gasteiger partial charge is 0.366 e. The van der Waals surface area contributed by atoms with Gasteiger partial charge in [-0.2, -0.15) is 0 Å². The number of rotatable bonds is 3. The molecule has 0 bridgehead atoms. The topological polar surface area (TPSA) is 23.6 Å². The fraction of sp³-hybridized carbons (Fsp3) is 0.562. The normalized spacial score (nSPS) is 21.4. The van der Waals surface area contributed by atoms with Crippen molar-refractivity contribution in [3.8, 4) is 0 Å². The molecule has 0 aromatic heterocycles. The Balaban J connectivity index is 1.70. The number of anilines is 1. The van der Waals surface area contributed by atoms with Crippen molar-refractivity contribution in [2.75, 3.05) is 31.1 Å². The van der Waals surface area contributed by atoms with Gasteiger partial charge in [-0.1, -0.05) is 18.9 Å². The molecule has 1 aromatic rings. The van der Waals surface area contributed by atoms with Crippen molar-refractivity contribution in [1.82, 2.24) is 4.90 Å². The lowest BCUT2D eigenvalue weighted by Gasteiger charge is -2.39. The van der Waals surface area contributed by atoms with E-state index in [9.17, 15) is 9.18 Å². The monoisotopic (exact) mass is 276 g/mol. The number of hydrogen-bond donors (Lipinski definition) is 0. The van der Waals surface area contributed by atoms with Gasteiger partial charge in [0.05, 0.1) is 5.69 Å². The Morgan fingerprint density at radius 3 is 2.45 bits per heavy atom. The maximum Gasteiger partial charge on any atom is 0.152 e. The van der Waals surface area contributed by atoms with Crippen LogP contribution in [0.1, 0.15) is 36.0 Å². The average molecular weight is 276 g/mol. The molecule has 1 saturated heterocycles. The van der Waals surface area contributed by atoms with Crippen LogP contribution in [0.25, 0.3) is 0 Å². The number of para-hydroxylation sites is 1. The number of benzene rings is 1. The summed E-state index contributed by atoms with van der Waals surface area (Å²) >= 11 is 0. The van der Waals surface area contributed by atoms with Crippen molar-refractivity contribution < 1.29 is 9.18 Å². The van der Waals surface area contributed by atoms with Gasteiger partial charge in [-0.25, -0.2) is 4.39 Å². The van der Waals surface area contributed by atoms with Crippen molar-refractivity contribution in [3.05, 3.63) is 29.6 Å². The number of carbonyl (C=O) groups is 1. The van der Waals surface area contributed by atoms with Crippen molar-refractivity contribution in [2.24, 2.45) is 0 Å². The molecule has 1 saturated carbocycles. The van der Waals surface area contributed by atoms with Gasteiger partial charge in [0.2, 0.25) is 0 Å². The first-order chi connectivity index (χ1) is 9.79. The van der Waals surface area contributed by atoms with Crippen LogP contribution in [0.5, 0.6) is 0 Å². The van der Waals surface area contributed by atoms with E-state index in [1.807, 2.05) is 4.90 Å². The van der Waals surface area contributed by atoms with Gasteiger partial charge < -0.3 is 4.90 Å². The van der Waals surface area contributed by atoms with Gasteiger partial charge in [0.25, 0.3) is 0 Å². The molecule has 2 aliphatic rings. The molecule has 0 N–H and O–H groups in total. The molecule has 0 unspecified atom stereocenters. The van der Waals surface area contributed by atoms with E-state index in [1.54, 1.807) is 12.1 Å². The molecule has 1 aromatic carbocycles. The van der Waals surface area contributed by atoms with Crippen molar-refractivity contribution >= 4 is 12.0 Å². The number of halogens is 1. The highest BCUT2D eigenvalue weighted by molar-refractivity contribution is 5.84. The zero-order valence-corrected chi connectivity index (χ0v) is 11.7. The highest BCUT2D eigenvalue weighted by Gasteiger charge is 2.27. The molecule has 20 heavy (non-hydrogen) atoms. The van der Waals surface area contributed by atoms with E-state index in [4.69, 9.17) is 0 Å². The SMILES string of the molecule is O=Cc1cccc(F)c1N1CCN(C2CCCC2)CC1. The predicted molar refractivity (Wildman–Crippen MR) is 77.8 cm³/mol. The minimum Gasteiger partial charge on any atom is -0.366 e. The number of nitrogens with zero attached hydrogens (tertiary/aromatic N) is 2. The second-order valence-electron chi connectivity index (χ2n) is 5.76. The Labute approximate surface area is 119 Å². The molecule has 4 heteroatoms. The summed E-state index contributed by atoms with van der Waals surface area (Å²) in [5.74, 6) is -0.288. The molecule has 1 aliphatic heterocycles. The molecule has 2 fully saturated rings. The first kappa shape index (κ1) is 13.6. The molecule has 108 valence electrons. The summed E-state index contributed by atoms with van der Waals surface area (Å²) in [4.78, 5) is 15.6. The van der Waals surface area contributed by atoms with E-state index < -0.39 is 0 Å². The predicted octanol–water partition coefficient (Wildman–Crippen LogP) is 2.70. The lowest BCUT2D eigenvalue weighted by atomic mass is 10.1. The zero-order chi connectivity index (χ0) is 13.9. The van der Waals surface area contributed by atoms with Crippen LogP contribution in [-0.2, 0) is 0 Å². The number of hydrogen-bond acceptors (Lipinski definition) is 3. The second-order valence-corrected chi connectivity index (χ2v) is 5.76. The lowest BCUT2D eigenvalue weighted by molar-refractivity contribution is 0.112. The van der Waals surface area contributed by atoms with Gasteiger partial charge >= 0.3 is 0 Å². The fourth-order valence-electron chi connectivity index (χ4n) is 3.54. The summed E-state index contributed by atoms with van der Waals surface area (Å²) in [6.07, 6.45) is 6.04. The van der Waals surface area contributed by atoms with Gasteiger partial charge in [-0.3, -0.25) is 9.69 Å². The quantitative estimate of drug-likeness (QED) is 0.793. The molecule has 3 rings (SSSR count). The van der Waals surface area contributed by atoms with Crippen LogP contribution in [0.15, 0.2) is 18.2 Å². The van der Waals surface area contributed by atoms with Gasteiger partial charge in [-0.15, -0.1) is 0 Å². The van der Waals surface area contributed by atoms with Crippen molar-refractivity contribution in [1.29, 1.82) is 0 Å². The Hall–Kier alpha value is -1.42. The van der Waals surface area contributed by atoms with E-state index in [0.29, 0.717) is 11.3 Å². The molecule has 0 spiro atoms. The highest BCUT2D eigenvalue weighted by atomic mass is 19.1. The Bertz CT molecular complexity index is 477. The van der Waals surface area contributed by atoms with Crippen LogP contribution >= 0.6 is 0 Å². The summed E-state index contributed by atoms with van der Waals surface area (Å²) in [5, 5.41) is 0. The minimum absolute atomic E-state index is 0.288. The number of carbonyl (C=O) groups excluding carboxylic acids is 1. The van der Waals surface area contributed by atoms with Crippen molar-refractivity contribution in [2.45, 2.75) is 31.7 Å². The zero-order valence-electron chi connectivity index (χ0n) is 11.7. The van der Waals surface area contributed by atoms with E-state index in [0.717, 1.165) is 38.5 Å². The number of aldehydes is 1. The van der Waals surface area contributed by atoms with Crippen LogP contribution in [0.2, 0.25) is 0 Å². The van der Waals surface area contributed by atoms with Crippen LogP contribution in [0, 0.1) is 5.82 Å². The first-order valence-electron chi connectivity index (χ1n) is 7.52. The summed E-state index contributed by atoms with van der Waals surface area (Å²) in [7, 11) is 0. The third-order valence-electron chi connectivity index (χ3n) is 4.62. The maximum atomic E-state index is 14.0. The maximum absolute atomic E-state index is 14.0. The second kappa shape index (κ2) is 5.92. The van der Waals surface area contributed by atoms with E-state index in [1.165, 1.54) is 31.7 Å². The van der Waals surface area contributed by atoms with Crippen LogP contribution in [0.3, 0.4) is 0 Å². The lowest BCUT2D eigenvalue weighted by Crippen LogP contribution is -2.50. The molecule has 1 heterocycles. The summed E-state index contributed by atoms with van der Waals surface area (Å²) < 4.78 is 14.0. The Morgan fingerprint density at radius 1 is 1.10 bits per heavy atom. The molecule has 0 radical (unpaired) electrons. The highest BCUT2D eigenvalue weighted by Crippen LogP contribution is 2.28. The van der Waals surface area contributed by atoms with Crippen molar-refractivity contribution in [3.63, 3.8) is 0 Å². The molecular weight excluding hydrogens is 255 g/mol. The smallest absolute Gasteiger partial charge is 0.152 e. The average Bonchev–Trinajstić information content (AvgIpc) is 3.01. The molecule has 1 aliphatic carbocycles. The van der Waals surface area contributed by atoms with Crippen LogP contribution in [0.4, 0.5) is 10.1 Å². The summed E-state index contributed by atoms with van der Waals surface area (Å²) in [6.45, 7) is 3.55. The van der Waals surface area contributed by atoms with E-state index in [2.05, 4.69) is 4.90 Å². The van der Waals surface area contributed by atoms with E-state index in [-0.39, 0.29) is 5.82 Å². The van der Waals surface area contributed by atoms with Gasteiger partial charge in [-0.05, 0) is 25.0 Å². The summed E-state index contributed by atoms with van der Waals surface area (Å²) in [6, 6.07) is 5.45. The number of piperazine rings is 1.